The third-order valence-electron chi connectivity index (χ3n) is 1.96. The van der Waals surface area contributed by atoms with Gasteiger partial charge in [-0.1, -0.05) is 0 Å². The van der Waals surface area contributed by atoms with E-state index in [-0.39, 0.29) is 18.0 Å². The number of hydrogen-bond acceptors (Lipinski definition) is 3. The molecule has 1 aromatic heterocycles. The topological polar surface area (TPSA) is 72.9 Å². The van der Waals surface area contributed by atoms with E-state index in [0.29, 0.717) is 6.42 Å². The van der Waals surface area contributed by atoms with Gasteiger partial charge in [0.05, 0.1) is 6.33 Å². The van der Waals surface area contributed by atoms with E-state index in [1.165, 1.54) is 0 Å². The molecule has 1 rings (SSSR count). The molecule has 5 nitrogen and oxygen atoms in total. The predicted molar refractivity (Wildman–Crippen MR) is 58.1 cm³/mol. The van der Waals surface area contributed by atoms with Crippen molar-refractivity contribution < 1.29 is 4.79 Å². The molecule has 0 aromatic carbocycles. The molecule has 0 bridgehead atoms. The van der Waals surface area contributed by atoms with Crippen molar-refractivity contribution in [3.63, 3.8) is 0 Å². The van der Waals surface area contributed by atoms with Crippen LogP contribution in [0.2, 0.25) is 0 Å². The molecule has 2 atom stereocenters. The van der Waals surface area contributed by atoms with Gasteiger partial charge < -0.3 is 15.6 Å². The van der Waals surface area contributed by atoms with Crippen LogP contribution >= 0.6 is 0 Å². The lowest BCUT2D eigenvalue weighted by molar-refractivity contribution is -0.122. The Labute approximate surface area is 89.7 Å². The molecule has 2 unspecified atom stereocenters. The van der Waals surface area contributed by atoms with Crippen molar-refractivity contribution in [2.75, 3.05) is 0 Å². The van der Waals surface area contributed by atoms with E-state index >= 15 is 0 Å². The van der Waals surface area contributed by atoms with E-state index in [2.05, 4.69) is 10.3 Å². The monoisotopic (exact) mass is 210 g/mol. The van der Waals surface area contributed by atoms with Gasteiger partial charge in [0, 0.05) is 37.4 Å². The summed E-state index contributed by atoms with van der Waals surface area (Å²) in [6.07, 6.45) is 5.69. The van der Waals surface area contributed by atoms with E-state index in [1.54, 1.807) is 12.5 Å². The number of nitrogens with zero attached hydrogens (tertiary/aromatic N) is 2. The molecule has 0 radical (unpaired) electrons. The zero-order chi connectivity index (χ0) is 11.3. The summed E-state index contributed by atoms with van der Waals surface area (Å²) in [4.78, 5) is 15.3. The largest absolute Gasteiger partial charge is 0.352 e. The Balaban J connectivity index is 2.29. The van der Waals surface area contributed by atoms with Crippen LogP contribution in [-0.2, 0) is 11.3 Å². The SMILES string of the molecule is CC(N)CC(=O)NC(C)Cn1ccnc1. The van der Waals surface area contributed by atoms with Crippen LogP contribution in [0.5, 0.6) is 0 Å². The van der Waals surface area contributed by atoms with Crippen LogP contribution in [0.3, 0.4) is 0 Å². The molecule has 5 heteroatoms. The highest BCUT2D eigenvalue weighted by atomic mass is 16.1. The van der Waals surface area contributed by atoms with Gasteiger partial charge in [0.15, 0.2) is 0 Å². The molecular formula is C10H18N4O. The number of aromatic nitrogens is 2. The summed E-state index contributed by atoms with van der Waals surface area (Å²) in [5, 5.41) is 2.88. The fourth-order valence-corrected chi connectivity index (χ4v) is 1.38. The second kappa shape index (κ2) is 5.50. The first-order valence-corrected chi connectivity index (χ1v) is 5.08. The number of nitrogens with one attached hydrogen (secondary N) is 1. The van der Waals surface area contributed by atoms with Gasteiger partial charge in [-0.2, -0.15) is 0 Å². The van der Waals surface area contributed by atoms with Crippen LogP contribution < -0.4 is 11.1 Å². The predicted octanol–water partition coefficient (Wildman–Crippen LogP) is 0.125. The van der Waals surface area contributed by atoms with Crippen molar-refractivity contribution in [1.82, 2.24) is 14.9 Å². The first-order chi connectivity index (χ1) is 7.08. The van der Waals surface area contributed by atoms with E-state index < -0.39 is 0 Å². The molecule has 3 N–H and O–H groups in total. The van der Waals surface area contributed by atoms with Crippen LogP contribution in [0.15, 0.2) is 18.7 Å². The molecule has 0 aliphatic rings. The van der Waals surface area contributed by atoms with Crippen LogP contribution in [-0.4, -0.2) is 27.5 Å². The second-order valence-corrected chi connectivity index (χ2v) is 3.91. The summed E-state index contributed by atoms with van der Waals surface area (Å²) in [7, 11) is 0. The number of carbonyl (C=O) groups excluding carboxylic acids is 1. The number of imidazole rings is 1. The molecule has 1 aromatic rings. The van der Waals surface area contributed by atoms with Crippen LogP contribution in [0.4, 0.5) is 0 Å². The number of nitrogens with two attached hydrogens (primary N) is 1. The molecule has 15 heavy (non-hydrogen) atoms. The average molecular weight is 210 g/mol. The molecule has 1 heterocycles. The maximum atomic E-state index is 11.4. The van der Waals surface area contributed by atoms with Gasteiger partial charge in [-0.05, 0) is 13.8 Å². The summed E-state index contributed by atoms with van der Waals surface area (Å²) >= 11 is 0. The highest BCUT2D eigenvalue weighted by Gasteiger charge is 2.09. The van der Waals surface area contributed by atoms with Crippen molar-refractivity contribution >= 4 is 5.91 Å². The van der Waals surface area contributed by atoms with Crippen LogP contribution in [0.1, 0.15) is 20.3 Å². The summed E-state index contributed by atoms with van der Waals surface area (Å²) in [6.45, 7) is 4.50. The molecule has 84 valence electrons. The first-order valence-electron chi connectivity index (χ1n) is 5.08. The number of hydrogen-bond donors (Lipinski definition) is 2. The van der Waals surface area contributed by atoms with Crippen molar-refractivity contribution in [3.05, 3.63) is 18.7 Å². The minimum atomic E-state index is -0.0922. The summed E-state index contributed by atoms with van der Waals surface area (Å²) in [6, 6.07) is -0.00380. The lowest BCUT2D eigenvalue weighted by atomic mass is 10.2. The average Bonchev–Trinajstić information content (AvgIpc) is 2.53. The van der Waals surface area contributed by atoms with Gasteiger partial charge in [0.1, 0.15) is 0 Å². The van der Waals surface area contributed by atoms with Crippen molar-refractivity contribution in [2.24, 2.45) is 5.73 Å². The maximum Gasteiger partial charge on any atom is 0.221 e. The van der Waals surface area contributed by atoms with Gasteiger partial charge in [-0.15, -0.1) is 0 Å². The van der Waals surface area contributed by atoms with Gasteiger partial charge >= 0.3 is 0 Å². The van der Waals surface area contributed by atoms with Gasteiger partial charge in [-0.25, -0.2) is 4.98 Å². The van der Waals surface area contributed by atoms with Gasteiger partial charge in [0.25, 0.3) is 0 Å². The zero-order valence-electron chi connectivity index (χ0n) is 9.18. The van der Waals surface area contributed by atoms with Gasteiger partial charge in [-0.3, -0.25) is 4.79 Å². The summed E-state index contributed by atoms with van der Waals surface area (Å²) < 4.78 is 1.93. The zero-order valence-corrected chi connectivity index (χ0v) is 9.18. The van der Waals surface area contributed by atoms with E-state index in [0.717, 1.165) is 6.54 Å². The van der Waals surface area contributed by atoms with Crippen molar-refractivity contribution in [3.8, 4) is 0 Å². The van der Waals surface area contributed by atoms with Gasteiger partial charge in [0.2, 0.25) is 5.91 Å². The Kier molecular flexibility index (Phi) is 4.30. The fourth-order valence-electron chi connectivity index (χ4n) is 1.38. The molecule has 0 saturated carbocycles. The van der Waals surface area contributed by atoms with E-state index in [9.17, 15) is 4.79 Å². The highest BCUT2D eigenvalue weighted by molar-refractivity contribution is 5.76. The minimum Gasteiger partial charge on any atom is -0.352 e. The molecule has 0 spiro atoms. The lowest BCUT2D eigenvalue weighted by Crippen LogP contribution is -2.38. The smallest absolute Gasteiger partial charge is 0.221 e. The third-order valence-corrected chi connectivity index (χ3v) is 1.96. The second-order valence-electron chi connectivity index (χ2n) is 3.91. The Morgan fingerprint density at radius 3 is 2.87 bits per heavy atom. The molecule has 0 fully saturated rings. The summed E-state index contributed by atoms with van der Waals surface area (Å²) in [5.74, 6) is -0.00221. The Morgan fingerprint density at radius 2 is 2.33 bits per heavy atom. The maximum absolute atomic E-state index is 11.4. The van der Waals surface area contributed by atoms with Crippen LogP contribution in [0.25, 0.3) is 0 Å². The van der Waals surface area contributed by atoms with E-state index in [1.807, 2.05) is 24.6 Å². The third kappa shape index (κ3) is 4.60. The first kappa shape index (κ1) is 11.7. The number of carbonyl (C=O) groups is 1. The highest BCUT2D eigenvalue weighted by Crippen LogP contribution is 1.93. The summed E-state index contributed by atoms with van der Waals surface area (Å²) in [5.41, 5.74) is 5.53. The van der Waals surface area contributed by atoms with Crippen LogP contribution in [0, 0.1) is 0 Å². The quantitative estimate of drug-likeness (QED) is 0.725. The number of amides is 1. The standard InChI is InChI=1S/C10H18N4O/c1-8(11)5-10(15)13-9(2)6-14-4-3-12-7-14/h3-4,7-9H,5-6,11H2,1-2H3,(H,13,15). The van der Waals surface area contributed by atoms with E-state index in [4.69, 9.17) is 5.73 Å². The molecule has 0 saturated heterocycles. The minimum absolute atomic E-state index is 0.00221. The Hall–Kier alpha value is -1.36. The molecule has 0 aliphatic heterocycles. The van der Waals surface area contributed by atoms with Crippen molar-refractivity contribution in [2.45, 2.75) is 38.9 Å². The van der Waals surface area contributed by atoms with Crippen molar-refractivity contribution in [1.29, 1.82) is 0 Å². The molecule has 0 aliphatic carbocycles. The lowest BCUT2D eigenvalue weighted by Gasteiger charge is -2.15. The molecule has 1 amide bonds. The fraction of sp³-hybridized carbons (Fsp3) is 0.600. The Bertz CT molecular complexity index is 294. The molecular weight excluding hydrogens is 192 g/mol. The number of rotatable bonds is 5. The normalized spacial score (nSPS) is 14.6. The Morgan fingerprint density at radius 1 is 1.60 bits per heavy atom.